The van der Waals surface area contributed by atoms with E-state index in [2.05, 4.69) is 5.32 Å². The Bertz CT molecular complexity index is 508. The van der Waals surface area contributed by atoms with Crippen molar-refractivity contribution in [3.8, 4) is 17.2 Å². The Hall–Kier alpha value is -1.95. The Morgan fingerprint density at radius 1 is 1.18 bits per heavy atom. The molecule has 0 spiro atoms. The lowest BCUT2D eigenvalue weighted by molar-refractivity contribution is -0.120. The van der Waals surface area contributed by atoms with Crippen LogP contribution in [0, 0.1) is 11.8 Å². The number of benzene rings is 1. The number of ether oxygens (including phenoxy) is 3. The van der Waals surface area contributed by atoms with E-state index in [1.165, 1.54) is 0 Å². The molecule has 0 bridgehead atoms. The van der Waals surface area contributed by atoms with Crippen LogP contribution in [-0.4, -0.2) is 33.8 Å². The molecule has 6 heteroatoms. The van der Waals surface area contributed by atoms with Crippen LogP contribution in [0.25, 0.3) is 0 Å². The number of nitrogens with one attached hydrogen (secondary N) is 1. The average molecular weight is 308 g/mol. The zero-order valence-corrected chi connectivity index (χ0v) is 13.3. The summed E-state index contributed by atoms with van der Waals surface area (Å²) < 4.78 is 15.9. The van der Waals surface area contributed by atoms with Gasteiger partial charge in [-0.05, 0) is 25.3 Å². The van der Waals surface area contributed by atoms with Gasteiger partial charge in [-0.1, -0.05) is 6.42 Å². The zero-order valence-electron chi connectivity index (χ0n) is 13.3. The Kier molecular flexibility index (Phi) is 5.49. The molecule has 0 radical (unpaired) electrons. The van der Waals surface area contributed by atoms with Crippen LogP contribution >= 0.6 is 0 Å². The summed E-state index contributed by atoms with van der Waals surface area (Å²) in [4.78, 5) is 12.5. The summed E-state index contributed by atoms with van der Waals surface area (Å²) in [6, 6.07) is 3.46. The lowest BCUT2D eigenvalue weighted by Crippen LogP contribution is -2.29. The van der Waals surface area contributed by atoms with E-state index >= 15 is 0 Å². The molecule has 1 aliphatic carbocycles. The molecule has 1 aliphatic rings. The largest absolute Gasteiger partial charge is 0.493 e. The zero-order chi connectivity index (χ0) is 16.1. The average Bonchev–Trinajstić information content (AvgIpc) is 3.02. The summed E-state index contributed by atoms with van der Waals surface area (Å²) in [5.41, 5.74) is 6.38. The van der Waals surface area contributed by atoms with Crippen LogP contribution in [0.3, 0.4) is 0 Å². The summed E-state index contributed by atoms with van der Waals surface area (Å²) in [7, 11) is 4.64. The first-order valence-electron chi connectivity index (χ1n) is 7.45. The number of methoxy groups -OCH3 is 3. The highest BCUT2D eigenvalue weighted by atomic mass is 16.5. The van der Waals surface area contributed by atoms with Crippen LogP contribution in [-0.2, 0) is 4.79 Å². The van der Waals surface area contributed by atoms with Gasteiger partial charge in [-0.25, -0.2) is 0 Å². The molecule has 1 saturated carbocycles. The quantitative estimate of drug-likeness (QED) is 0.840. The van der Waals surface area contributed by atoms with Crippen molar-refractivity contribution in [3.05, 3.63) is 12.1 Å². The van der Waals surface area contributed by atoms with Gasteiger partial charge in [0.2, 0.25) is 11.7 Å². The normalized spacial score (nSPS) is 20.5. The van der Waals surface area contributed by atoms with Crippen LogP contribution in [0.2, 0.25) is 0 Å². The summed E-state index contributed by atoms with van der Waals surface area (Å²) >= 11 is 0. The molecular formula is C16H24N2O4. The van der Waals surface area contributed by atoms with E-state index in [0.29, 0.717) is 29.5 Å². The van der Waals surface area contributed by atoms with Gasteiger partial charge in [-0.2, -0.15) is 0 Å². The van der Waals surface area contributed by atoms with Crippen molar-refractivity contribution in [1.82, 2.24) is 0 Å². The number of nitrogens with two attached hydrogens (primary N) is 1. The van der Waals surface area contributed by atoms with Gasteiger partial charge in [0.05, 0.1) is 21.3 Å². The van der Waals surface area contributed by atoms with E-state index in [1.54, 1.807) is 33.5 Å². The fourth-order valence-electron chi connectivity index (χ4n) is 3.05. The van der Waals surface area contributed by atoms with Gasteiger partial charge in [0.1, 0.15) is 0 Å². The lowest BCUT2D eigenvalue weighted by atomic mass is 9.95. The minimum Gasteiger partial charge on any atom is -0.493 e. The summed E-state index contributed by atoms with van der Waals surface area (Å²) in [5.74, 6) is 1.77. The Morgan fingerprint density at radius 3 is 2.32 bits per heavy atom. The van der Waals surface area contributed by atoms with Gasteiger partial charge < -0.3 is 25.3 Å². The second kappa shape index (κ2) is 7.35. The second-order valence-electron chi connectivity index (χ2n) is 5.44. The Balaban J connectivity index is 2.20. The van der Waals surface area contributed by atoms with Crippen molar-refractivity contribution in [2.45, 2.75) is 19.3 Å². The number of amides is 1. The molecule has 0 heterocycles. The lowest BCUT2D eigenvalue weighted by Gasteiger charge is -2.19. The molecule has 0 aliphatic heterocycles. The van der Waals surface area contributed by atoms with Crippen LogP contribution in [0.1, 0.15) is 19.3 Å². The summed E-state index contributed by atoms with van der Waals surface area (Å²) in [5, 5.41) is 2.94. The molecule has 2 rings (SSSR count). The number of hydrogen-bond donors (Lipinski definition) is 2. The molecule has 0 unspecified atom stereocenters. The van der Waals surface area contributed by atoms with E-state index in [9.17, 15) is 4.79 Å². The van der Waals surface area contributed by atoms with Crippen molar-refractivity contribution in [2.24, 2.45) is 17.6 Å². The van der Waals surface area contributed by atoms with Crippen molar-refractivity contribution in [2.75, 3.05) is 33.2 Å². The van der Waals surface area contributed by atoms with E-state index in [-0.39, 0.29) is 17.7 Å². The molecular weight excluding hydrogens is 284 g/mol. The van der Waals surface area contributed by atoms with Crippen molar-refractivity contribution in [1.29, 1.82) is 0 Å². The maximum absolute atomic E-state index is 12.5. The van der Waals surface area contributed by atoms with Crippen LogP contribution in [0.4, 0.5) is 5.69 Å². The fraction of sp³-hybridized carbons (Fsp3) is 0.562. The first-order valence-corrected chi connectivity index (χ1v) is 7.45. The van der Waals surface area contributed by atoms with Crippen LogP contribution in [0.5, 0.6) is 17.2 Å². The molecule has 1 fully saturated rings. The smallest absolute Gasteiger partial charge is 0.227 e. The number of anilines is 1. The van der Waals surface area contributed by atoms with Gasteiger partial charge >= 0.3 is 0 Å². The van der Waals surface area contributed by atoms with E-state index in [4.69, 9.17) is 19.9 Å². The molecule has 0 aromatic heterocycles. The maximum Gasteiger partial charge on any atom is 0.227 e. The number of carbonyl (C=O) groups is 1. The third kappa shape index (κ3) is 3.27. The minimum atomic E-state index is -0.0240. The summed E-state index contributed by atoms with van der Waals surface area (Å²) in [6.45, 7) is 0.549. The molecule has 2 atom stereocenters. The maximum atomic E-state index is 12.5. The van der Waals surface area contributed by atoms with E-state index in [1.807, 2.05) is 0 Å². The highest BCUT2D eigenvalue weighted by Crippen LogP contribution is 2.40. The first-order chi connectivity index (χ1) is 10.6. The van der Waals surface area contributed by atoms with Gasteiger partial charge in [-0.3, -0.25) is 4.79 Å². The monoisotopic (exact) mass is 308 g/mol. The highest BCUT2D eigenvalue weighted by molar-refractivity contribution is 5.93. The molecule has 3 N–H and O–H groups in total. The predicted octanol–water partition coefficient (Wildman–Crippen LogP) is 2.03. The fourth-order valence-corrected chi connectivity index (χ4v) is 3.05. The number of hydrogen-bond acceptors (Lipinski definition) is 5. The second-order valence-corrected chi connectivity index (χ2v) is 5.44. The Labute approximate surface area is 130 Å². The van der Waals surface area contributed by atoms with E-state index < -0.39 is 0 Å². The predicted molar refractivity (Wildman–Crippen MR) is 84.6 cm³/mol. The number of rotatable bonds is 6. The Morgan fingerprint density at radius 2 is 1.82 bits per heavy atom. The molecule has 6 nitrogen and oxygen atoms in total. The van der Waals surface area contributed by atoms with E-state index in [0.717, 1.165) is 19.3 Å². The van der Waals surface area contributed by atoms with Gasteiger partial charge in [0.15, 0.2) is 11.5 Å². The van der Waals surface area contributed by atoms with Crippen LogP contribution in [0.15, 0.2) is 12.1 Å². The topological polar surface area (TPSA) is 82.8 Å². The van der Waals surface area contributed by atoms with Gasteiger partial charge in [0, 0.05) is 23.7 Å². The van der Waals surface area contributed by atoms with Crippen molar-refractivity contribution >= 4 is 11.6 Å². The van der Waals surface area contributed by atoms with Crippen LogP contribution < -0.4 is 25.3 Å². The third-order valence-electron chi connectivity index (χ3n) is 4.23. The molecule has 1 amide bonds. The van der Waals surface area contributed by atoms with Gasteiger partial charge in [-0.15, -0.1) is 0 Å². The molecule has 122 valence electrons. The SMILES string of the molecule is COc1cc(NC(=O)[C@@H]2CCC[C@@H]2CN)cc(OC)c1OC. The summed E-state index contributed by atoms with van der Waals surface area (Å²) in [6.07, 6.45) is 2.96. The molecule has 1 aromatic rings. The number of carbonyl (C=O) groups excluding carboxylic acids is 1. The third-order valence-corrected chi connectivity index (χ3v) is 4.23. The first kappa shape index (κ1) is 16.4. The standard InChI is InChI=1S/C16H24N2O4/c1-20-13-7-11(8-14(21-2)15(13)22-3)18-16(19)12-6-4-5-10(12)9-17/h7-8,10,12H,4-6,9,17H2,1-3H3,(H,18,19)/t10-,12-/m1/s1. The molecule has 0 saturated heterocycles. The van der Waals surface area contributed by atoms with Gasteiger partial charge in [0.25, 0.3) is 0 Å². The van der Waals surface area contributed by atoms with Crippen molar-refractivity contribution in [3.63, 3.8) is 0 Å². The molecule has 22 heavy (non-hydrogen) atoms. The van der Waals surface area contributed by atoms with Crippen molar-refractivity contribution < 1.29 is 19.0 Å². The highest BCUT2D eigenvalue weighted by Gasteiger charge is 2.32. The minimum absolute atomic E-state index is 0.00206. The molecule has 1 aromatic carbocycles.